The van der Waals surface area contributed by atoms with Crippen molar-refractivity contribution in [1.82, 2.24) is 4.98 Å². The van der Waals surface area contributed by atoms with Crippen LogP contribution in [0.1, 0.15) is 23.0 Å². The van der Waals surface area contributed by atoms with Crippen molar-refractivity contribution in [3.63, 3.8) is 0 Å². The van der Waals surface area contributed by atoms with Crippen molar-refractivity contribution >= 4 is 22.3 Å². The molecule has 0 saturated heterocycles. The van der Waals surface area contributed by atoms with Crippen molar-refractivity contribution < 1.29 is 30.9 Å². The van der Waals surface area contributed by atoms with E-state index in [2.05, 4.69) is 36.2 Å². The van der Waals surface area contributed by atoms with E-state index in [1.807, 2.05) is 16.0 Å². The van der Waals surface area contributed by atoms with Crippen LogP contribution < -0.4 is 21.4 Å². The lowest BCUT2D eigenvalue weighted by molar-refractivity contribution is -0.508. The maximum Gasteiger partial charge on any atom is 0.379 e. The average Bonchev–Trinajstić information content (AvgIpc) is 2.99. The number of rotatable bonds is 3. The summed E-state index contributed by atoms with van der Waals surface area (Å²) in [7, 11) is 0. The number of hydrogen-bond acceptors (Lipinski definition) is 3. The number of aromatic nitrogens is 2. The zero-order valence-electron chi connectivity index (χ0n) is 11.7. The highest BCUT2D eigenvalue weighted by Crippen LogP contribution is 2.20. The summed E-state index contributed by atoms with van der Waals surface area (Å²) in [5.41, 5.74) is 3.87. The minimum Gasteiger partial charge on any atom is -1.00 e. The monoisotopic (exact) mass is 366 g/mol. The van der Waals surface area contributed by atoms with Crippen LogP contribution in [0.3, 0.4) is 0 Å². The van der Waals surface area contributed by atoms with Gasteiger partial charge >= 0.3 is 10.9 Å². The van der Waals surface area contributed by atoms with Crippen LogP contribution in [0, 0.1) is 6.92 Å². The highest BCUT2D eigenvalue weighted by Gasteiger charge is 2.22. The van der Waals surface area contributed by atoms with Crippen molar-refractivity contribution in [3.8, 4) is 11.3 Å². The number of thiazole rings is 1. The van der Waals surface area contributed by atoms with E-state index >= 15 is 0 Å². The number of nitrogens with one attached hydrogen (secondary N) is 1. The molecule has 21 heavy (non-hydrogen) atoms. The summed E-state index contributed by atoms with van der Waals surface area (Å²) in [6.45, 7) is 4.25. The lowest BCUT2D eigenvalue weighted by Crippen LogP contribution is -3.00. The second-order valence-electron chi connectivity index (χ2n) is 4.55. The molecule has 0 aliphatic heterocycles. The van der Waals surface area contributed by atoms with Crippen molar-refractivity contribution in [2.45, 2.75) is 13.8 Å². The summed E-state index contributed by atoms with van der Waals surface area (Å²) >= 11 is 1.49. The molecule has 0 aliphatic rings. The van der Waals surface area contributed by atoms with Gasteiger partial charge in [0, 0.05) is 5.56 Å². The van der Waals surface area contributed by atoms with Gasteiger partial charge in [0.15, 0.2) is 5.69 Å². The first-order valence-corrected chi connectivity index (χ1v) is 7.33. The Morgan fingerprint density at radius 2 is 2.05 bits per heavy atom. The maximum absolute atomic E-state index is 11.9. The van der Waals surface area contributed by atoms with Gasteiger partial charge in [0.05, 0.1) is 12.0 Å². The molecule has 3 rings (SSSR count). The Hall–Kier alpha value is -1.66. The molecule has 0 saturated carbocycles. The van der Waals surface area contributed by atoms with Gasteiger partial charge in [-0.3, -0.25) is 0 Å². The number of carbonyl (C=O) groups excluding carboxylic acids is 1. The summed E-state index contributed by atoms with van der Waals surface area (Å²) in [6.07, 6.45) is 1.93. The molecule has 0 spiro atoms. The number of halogens is 1. The Morgan fingerprint density at radius 1 is 1.33 bits per heavy atom. The smallest absolute Gasteiger partial charge is 0.379 e. The predicted molar refractivity (Wildman–Crippen MR) is 78.0 cm³/mol. The number of imidazole rings is 1. The molecule has 0 radical (unpaired) electrons. The summed E-state index contributed by atoms with van der Waals surface area (Å²) in [5.74, 6) is -0.293. The first-order chi connectivity index (χ1) is 9.69. The Labute approximate surface area is 137 Å². The first-order valence-electron chi connectivity index (χ1n) is 6.45. The Balaban J connectivity index is 0.00000161. The number of fused-ring (bicyclic) bond motifs is 1. The highest BCUT2D eigenvalue weighted by molar-refractivity contribution is 7.14. The third kappa shape index (κ3) is 3.01. The Bertz CT molecular complexity index is 762. The minimum atomic E-state index is -0.293. The summed E-state index contributed by atoms with van der Waals surface area (Å²) in [6, 6.07) is 8.27. The van der Waals surface area contributed by atoms with Crippen molar-refractivity contribution in [3.05, 3.63) is 47.1 Å². The highest BCUT2D eigenvalue weighted by atomic mass is 79.9. The molecule has 4 nitrogen and oxygen atoms in total. The van der Waals surface area contributed by atoms with Gasteiger partial charge in [-0.25, -0.2) is 9.78 Å². The van der Waals surface area contributed by atoms with Crippen LogP contribution in [0.4, 0.5) is 0 Å². The van der Waals surface area contributed by atoms with Gasteiger partial charge in [0.25, 0.3) is 0 Å². The fourth-order valence-electron chi connectivity index (χ4n) is 2.06. The quantitative estimate of drug-likeness (QED) is 0.522. The van der Waals surface area contributed by atoms with E-state index in [1.54, 1.807) is 6.92 Å². The number of ether oxygens (including phenoxy) is 1. The number of nitrogens with zero attached hydrogens (tertiary/aromatic N) is 1. The topological polar surface area (TPSA) is 46.2 Å². The van der Waals surface area contributed by atoms with Crippen LogP contribution in [0.15, 0.2) is 35.8 Å². The molecule has 2 heterocycles. The van der Waals surface area contributed by atoms with Crippen LogP contribution in [-0.4, -0.2) is 17.6 Å². The van der Waals surface area contributed by atoms with Gasteiger partial charge in [-0.2, -0.15) is 4.40 Å². The summed E-state index contributed by atoms with van der Waals surface area (Å²) in [5, 5.41) is 1.81. The second-order valence-corrected chi connectivity index (χ2v) is 5.41. The van der Waals surface area contributed by atoms with Crippen molar-refractivity contribution in [1.29, 1.82) is 0 Å². The van der Waals surface area contributed by atoms with E-state index < -0.39 is 0 Å². The molecule has 3 aromatic rings. The van der Waals surface area contributed by atoms with Gasteiger partial charge in [0.1, 0.15) is 6.20 Å². The van der Waals surface area contributed by atoms with E-state index in [-0.39, 0.29) is 23.0 Å². The van der Waals surface area contributed by atoms with E-state index in [9.17, 15) is 4.79 Å². The third-order valence-corrected chi connectivity index (χ3v) is 3.97. The Morgan fingerprint density at radius 3 is 2.71 bits per heavy atom. The second kappa shape index (κ2) is 6.41. The number of H-pyrrole nitrogens is 1. The number of hydrogen-bond donors (Lipinski definition) is 1. The molecule has 0 fully saturated rings. The van der Waals surface area contributed by atoms with E-state index in [0.717, 1.165) is 16.2 Å². The average molecular weight is 367 g/mol. The number of esters is 1. The first kappa shape index (κ1) is 15.7. The van der Waals surface area contributed by atoms with Gasteiger partial charge in [0.2, 0.25) is 5.69 Å². The molecular formula is C15H15BrN2O2S. The van der Waals surface area contributed by atoms with Gasteiger partial charge in [-0.05, 0) is 13.8 Å². The zero-order valence-corrected chi connectivity index (χ0v) is 14.1. The Kier molecular flexibility index (Phi) is 4.80. The minimum absolute atomic E-state index is 0. The van der Waals surface area contributed by atoms with Gasteiger partial charge < -0.3 is 21.7 Å². The van der Waals surface area contributed by atoms with Crippen molar-refractivity contribution in [2.75, 3.05) is 6.61 Å². The molecular weight excluding hydrogens is 352 g/mol. The zero-order chi connectivity index (χ0) is 14.1. The number of benzene rings is 1. The molecule has 1 aromatic carbocycles. The predicted octanol–water partition coefficient (Wildman–Crippen LogP) is -0.0290. The number of carbonyl (C=O) groups is 1. The van der Waals surface area contributed by atoms with E-state index in [0.29, 0.717) is 12.3 Å². The third-order valence-electron chi connectivity index (χ3n) is 3.11. The van der Waals surface area contributed by atoms with Crippen LogP contribution in [0.25, 0.3) is 16.2 Å². The molecule has 0 aliphatic carbocycles. The molecule has 0 atom stereocenters. The lowest BCUT2D eigenvalue weighted by atomic mass is 10.1. The maximum atomic E-state index is 11.9. The normalized spacial score (nSPS) is 10.4. The molecule has 6 heteroatoms. The SMILES string of the molecule is CCOC(=O)c1csc2[nH]c(-c3ccc(C)cc3)c[n+]12.[Br-]. The van der Waals surface area contributed by atoms with E-state index in [4.69, 9.17) is 4.74 Å². The van der Waals surface area contributed by atoms with Crippen molar-refractivity contribution in [2.24, 2.45) is 0 Å². The van der Waals surface area contributed by atoms with Gasteiger partial charge in [-0.15, -0.1) is 0 Å². The summed E-state index contributed by atoms with van der Waals surface area (Å²) in [4.78, 5) is 16.1. The molecule has 2 aromatic heterocycles. The molecule has 110 valence electrons. The number of aryl methyl sites for hydroxylation is 1. The summed E-state index contributed by atoms with van der Waals surface area (Å²) < 4.78 is 6.90. The molecule has 0 bridgehead atoms. The van der Waals surface area contributed by atoms with E-state index in [1.165, 1.54) is 16.9 Å². The largest absolute Gasteiger partial charge is 1.00 e. The lowest BCUT2D eigenvalue weighted by Gasteiger charge is -1.96. The molecule has 0 amide bonds. The van der Waals surface area contributed by atoms with Crippen LogP contribution in [0.5, 0.6) is 0 Å². The molecule has 1 N–H and O–H groups in total. The fourth-order valence-corrected chi connectivity index (χ4v) is 2.93. The van der Waals surface area contributed by atoms with Crippen LogP contribution >= 0.6 is 11.3 Å². The number of aromatic amines is 1. The fraction of sp³-hybridized carbons (Fsp3) is 0.200. The standard InChI is InChI=1S/C15H14N2O2S.BrH/c1-3-19-14(18)13-9-20-15-16-12(8-17(13)15)11-6-4-10(2)5-7-11;/h4-9H,3H2,1-2H3;1H. The van der Waals surface area contributed by atoms with Crippen LogP contribution in [0.2, 0.25) is 0 Å². The van der Waals surface area contributed by atoms with Gasteiger partial charge in [-0.1, -0.05) is 41.2 Å². The molecule has 0 unspecified atom stereocenters. The van der Waals surface area contributed by atoms with Crippen LogP contribution in [-0.2, 0) is 4.74 Å².